The minimum Gasteiger partial charge on any atom is -0.392 e. The van der Waals surface area contributed by atoms with Gasteiger partial charge in [-0.3, -0.25) is 0 Å². The minimum atomic E-state index is -3.43. The molecule has 1 atom stereocenters. The molecule has 0 spiro atoms. The van der Waals surface area contributed by atoms with Crippen LogP contribution in [0.5, 0.6) is 0 Å². The van der Waals surface area contributed by atoms with Crippen LogP contribution in [-0.4, -0.2) is 24.7 Å². The molecule has 1 aromatic carbocycles. The normalized spacial score (nSPS) is 19.3. The van der Waals surface area contributed by atoms with Gasteiger partial charge in [0, 0.05) is 0 Å². The number of nitrogens with one attached hydrogen (secondary N) is 1. The van der Waals surface area contributed by atoms with Crippen molar-refractivity contribution in [3.63, 3.8) is 0 Å². The van der Waals surface area contributed by atoms with Gasteiger partial charge < -0.3 is 5.73 Å². The van der Waals surface area contributed by atoms with Gasteiger partial charge in [-0.1, -0.05) is 62.3 Å². The smallest absolute Gasteiger partial charge is 0.213 e. The summed E-state index contributed by atoms with van der Waals surface area (Å²) in [6, 6.07) is 9.64. The van der Waals surface area contributed by atoms with E-state index in [0.29, 0.717) is 12.8 Å². The quantitative estimate of drug-likeness (QED) is 0.787. The van der Waals surface area contributed by atoms with Gasteiger partial charge in [-0.05, 0) is 24.3 Å². The Kier molecular flexibility index (Phi) is 5.01. The molecular formula is C15H22N2O2S2. The maximum atomic E-state index is 12.5. The van der Waals surface area contributed by atoms with Gasteiger partial charge in [0.25, 0.3) is 0 Å². The van der Waals surface area contributed by atoms with Crippen molar-refractivity contribution in [3.05, 3.63) is 35.9 Å². The molecule has 21 heavy (non-hydrogen) atoms. The predicted molar refractivity (Wildman–Crippen MR) is 89.8 cm³/mol. The number of benzene rings is 1. The molecule has 1 unspecified atom stereocenters. The van der Waals surface area contributed by atoms with E-state index in [0.717, 1.165) is 18.4 Å². The number of thiocarbonyl (C=S) groups is 1. The van der Waals surface area contributed by atoms with Crippen molar-refractivity contribution in [3.8, 4) is 0 Å². The zero-order valence-electron chi connectivity index (χ0n) is 12.2. The Labute approximate surface area is 132 Å². The van der Waals surface area contributed by atoms with E-state index in [2.05, 4.69) is 4.72 Å². The highest BCUT2D eigenvalue weighted by Crippen LogP contribution is 2.31. The van der Waals surface area contributed by atoms with Crippen molar-refractivity contribution < 1.29 is 8.42 Å². The monoisotopic (exact) mass is 326 g/mol. The average Bonchev–Trinajstić information content (AvgIpc) is 2.88. The lowest BCUT2D eigenvalue weighted by Crippen LogP contribution is -2.55. The maximum Gasteiger partial charge on any atom is 0.213 e. The molecule has 0 radical (unpaired) electrons. The molecule has 0 bridgehead atoms. The van der Waals surface area contributed by atoms with E-state index in [1.54, 1.807) is 0 Å². The second-order valence-electron chi connectivity index (χ2n) is 5.85. The lowest BCUT2D eigenvalue weighted by Gasteiger charge is -2.29. The van der Waals surface area contributed by atoms with E-state index >= 15 is 0 Å². The third-order valence-corrected chi connectivity index (χ3v) is 6.15. The Hall–Kier alpha value is -0.980. The van der Waals surface area contributed by atoms with Crippen molar-refractivity contribution in [2.45, 2.75) is 44.1 Å². The van der Waals surface area contributed by atoms with Crippen LogP contribution in [0, 0.1) is 0 Å². The van der Waals surface area contributed by atoms with E-state index in [9.17, 15) is 8.42 Å². The van der Waals surface area contributed by atoms with Gasteiger partial charge in [0.05, 0.1) is 16.3 Å². The first-order valence-corrected chi connectivity index (χ1v) is 9.27. The summed E-state index contributed by atoms with van der Waals surface area (Å²) in [6.45, 7) is 1.91. The summed E-state index contributed by atoms with van der Waals surface area (Å²) < 4.78 is 27.7. The van der Waals surface area contributed by atoms with Crippen molar-refractivity contribution >= 4 is 27.2 Å². The summed E-state index contributed by atoms with van der Waals surface area (Å²) in [5, 5.41) is 0. The van der Waals surface area contributed by atoms with E-state index in [-0.39, 0.29) is 16.7 Å². The minimum absolute atomic E-state index is 0.0430. The molecule has 0 aromatic heterocycles. The molecule has 1 fully saturated rings. The van der Waals surface area contributed by atoms with E-state index in [1.165, 1.54) is 0 Å². The standard InChI is InChI=1S/C15H22N2O2S2/c1-12(13-7-3-2-4-8-13)11-21(18,19)17-15(14(16)20)9-5-6-10-15/h2-4,7-8,12,17H,5-6,9-11H2,1H3,(H2,16,20). The molecule has 116 valence electrons. The van der Waals surface area contributed by atoms with Crippen molar-refractivity contribution in [2.75, 3.05) is 5.75 Å². The molecule has 0 heterocycles. The summed E-state index contributed by atoms with van der Waals surface area (Å²) in [5.41, 5.74) is 6.08. The molecule has 1 aliphatic rings. The highest BCUT2D eigenvalue weighted by atomic mass is 32.2. The Morgan fingerprint density at radius 1 is 1.33 bits per heavy atom. The third-order valence-electron chi connectivity index (χ3n) is 4.12. The van der Waals surface area contributed by atoms with E-state index in [1.807, 2.05) is 37.3 Å². The lowest BCUT2D eigenvalue weighted by molar-refractivity contribution is 0.500. The summed E-state index contributed by atoms with van der Waals surface area (Å²) in [6.07, 6.45) is 3.30. The second-order valence-corrected chi connectivity index (χ2v) is 8.06. The highest BCUT2D eigenvalue weighted by molar-refractivity contribution is 7.89. The van der Waals surface area contributed by atoms with Gasteiger partial charge in [0.15, 0.2) is 0 Å². The highest BCUT2D eigenvalue weighted by Gasteiger charge is 2.40. The Balaban J connectivity index is 2.10. The third kappa shape index (κ3) is 4.02. The van der Waals surface area contributed by atoms with Gasteiger partial charge in [0.1, 0.15) is 0 Å². The first-order valence-electron chi connectivity index (χ1n) is 7.21. The average molecular weight is 326 g/mol. The van der Waals surface area contributed by atoms with E-state index in [4.69, 9.17) is 18.0 Å². The van der Waals surface area contributed by atoms with Crippen molar-refractivity contribution in [1.82, 2.24) is 4.72 Å². The SMILES string of the molecule is CC(CS(=O)(=O)NC1(C(N)=S)CCCC1)c1ccccc1. The molecule has 0 saturated heterocycles. The van der Waals surface area contributed by atoms with Gasteiger partial charge in [-0.25, -0.2) is 13.1 Å². The second kappa shape index (κ2) is 6.42. The van der Waals surface area contributed by atoms with Crippen LogP contribution in [0.1, 0.15) is 44.1 Å². The van der Waals surface area contributed by atoms with Gasteiger partial charge in [-0.15, -0.1) is 0 Å². The van der Waals surface area contributed by atoms with Gasteiger partial charge >= 0.3 is 0 Å². The summed E-state index contributed by atoms with van der Waals surface area (Å²) in [5.74, 6) is -0.0324. The summed E-state index contributed by atoms with van der Waals surface area (Å²) >= 11 is 5.09. The van der Waals surface area contributed by atoms with Crippen LogP contribution >= 0.6 is 12.2 Å². The van der Waals surface area contributed by atoms with Crippen LogP contribution in [0.3, 0.4) is 0 Å². The Morgan fingerprint density at radius 3 is 2.43 bits per heavy atom. The van der Waals surface area contributed by atoms with Crippen LogP contribution in [0.15, 0.2) is 30.3 Å². The first-order chi connectivity index (χ1) is 9.85. The predicted octanol–water partition coefficient (Wildman–Crippen LogP) is 2.31. The fraction of sp³-hybridized carbons (Fsp3) is 0.533. The molecule has 3 N–H and O–H groups in total. The van der Waals surface area contributed by atoms with Crippen LogP contribution in [-0.2, 0) is 10.0 Å². The fourth-order valence-corrected chi connectivity index (χ4v) is 5.09. The number of hydrogen-bond acceptors (Lipinski definition) is 3. The van der Waals surface area contributed by atoms with Crippen molar-refractivity contribution in [1.29, 1.82) is 0 Å². The lowest BCUT2D eigenvalue weighted by atomic mass is 10.00. The van der Waals surface area contributed by atoms with Crippen LogP contribution < -0.4 is 10.5 Å². The largest absolute Gasteiger partial charge is 0.392 e. The van der Waals surface area contributed by atoms with Crippen LogP contribution in [0.2, 0.25) is 0 Å². The Morgan fingerprint density at radius 2 is 1.90 bits per heavy atom. The maximum absolute atomic E-state index is 12.5. The van der Waals surface area contributed by atoms with Gasteiger partial charge in [-0.2, -0.15) is 0 Å². The van der Waals surface area contributed by atoms with Crippen LogP contribution in [0.25, 0.3) is 0 Å². The van der Waals surface area contributed by atoms with E-state index < -0.39 is 15.6 Å². The molecule has 0 aliphatic heterocycles. The molecule has 2 rings (SSSR count). The zero-order chi connectivity index (χ0) is 15.5. The molecule has 1 aromatic rings. The zero-order valence-corrected chi connectivity index (χ0v) is 13.8. The summed E-state index contributed by atoms with van der Waals surface area (Å²) in [7, 11) is -3.43. The molecular weight excluding hydrogens is 304 g/mol. The topological polar surface area (TPSA) is 72.2 Å². The molecule has 0 amide bonds. The molecule has 6 heteroatoms. The molecule has 4 nitrogen and oxygen atoms in total. The summed E-state index contributed by atoms with van der Waals surface area (Å²) in [4.78, 5) is 0.260. The number of nitrogens with two attached hydrogens (primary N) is 1. The van der Waals surface area contributed by atoms with Crippen LogP contribution in [0.4, 0.5) is 0 Å². The Bertz CT molecular complexity index is 593. The van der Waals surface area contributed by atoms with Crippen molar-refractivity contribution in [2.24, 2.45) is 5.73 Å². The molecule has 1 saturated carbocycles. The fourth-order valence-electron chi connectivity index (χ4n) is 2.92. The number of sulfonamides is 1. The van der Waals surface area contributed by atoms with Gasteiger partial charge in [0.2, 0.25) is 10.0 Å². The molecule has 1 aliphatic carbocycles. The number of rotatable bonds is 6. The number of hydrogen-bond donors (Lipinski definition) is 2. The first kappa shape index (κ1) is 16.4.